The molecular weight excluding hydrogens is 278 g/mol. The number of nitrogens with one attached hydrogen (secondary N) is 1. The molecule has 19 heavy (non-hydrogen) atoms. The van der Waals surface area contributed by atoms with Crippen LogP contribution in [0.15, 0.2) is 40.4 Å². The van der Waals surface area contributed by atoms with Crippen molar-refractivity contribution in [3.63, 3.8) is 0 Å². The minimum Gasteiger partial charge on any atom is -0.354 e. The molecule has 0 aliphatic carbocycles. The van der Waals surface area contributed by atoms with E-state index in [1.54, 1.807) is 11.8 Å². The third-order valence-electron chi connectivity index (χ3n) is 2.47. The summed E-state index contributed by atoms with van der Waals surface area (Å²) >= 11 is 7.59. The molecule has 0 saturated carbocycles. The second-order valence-corrected chi connectivity index (χ2v) is 5.67. The zero-order valence-electron chi connectivity index (χ0n) is 11.0. The smallest absolute Gasteiger partial charge is 0.223 e. The Balaban J connectivity index is 2.19. The Morgan fingerprint density at radius 1 is 1.37 bits per heavy atom. The largest absolute Gasteiger partial charge is 0.354 e. The lowest BCUT2D eigenvalue weighted by molar-refractivity contribution is 0.925. The molecule has 100 valence electrons. The molecule has 0 saturated heterocycles. The van der Waals surface area contributed by atoms with Gasteiger partial charge in [0.2, 0.25) is 5.95 Å². The van der Waals surface area contributed by atoms with Crippen LogP contribution < -0.4 is 5.32 Å². The van der Waals surface area contributed by atoms with Crippen molar-refractivity contribution >= 4 is 29.3 Å². The fourth-order valence-corrected chi connectivity index (χ4v) is 2.65. The second-order valence-electron chi connectivity index (χ2n) is 4.17. The summed E-state index contributed by atoms with van der Waals surface area (Å²) in [5.74, 6) is 0.678. The average molecular weight is 294 g/mol. The van der Waals surface area contributed by atoms with Crippen molar-refractivity contribution in [1.82, 2.24) is 9.97 Å². The van der Waals surface area contributed by atoms with Gasteiger partial charge in [-0.2, -0.15) is 0 Å². The van der Waals surface area contributed by atoms with Crippen LogP contribution in [0.5, 0.6) is 0 Å². The van der Waals surface area contributed by atoms with Crippen LogP contribution in [-0.2, 0) is 0 Å². The van der Waals surface area contributed by atoms with Crippen LogP contribution in [0.4, 0.5) is 5.95 Å². The number of aryl methyl sites for hydroxylation is 1. The molecule has 3 nitrogen and oxygen atoms in total. The lowest BCUT2D eigenvalue weighted by Gasteiger charge is -2.08. The Morgan fingerprint density at radius 2 is 2.21 bits per heavy atom. The molecule has 0 fully saturated rings. The minimum absolute atomic E-state index is 0.678. The van der Waals surface area contributed by atoms with E-state index in [4.69, 9.17) is 11.6 Å². The summed E-state index contributed by atoms with van der Waals surface area (Å²) in [6.45, 7) is 5.00. The van der Waals surface area contributed by atoms with Crippen molar-refractivity contribution in [2.24, 2.45) is 0 Å². The molecule has 5 heteroatoms. The normalized spacial score (nSPS) is 10.5. The Hall–Kier alpha value is -1.26. The predicted molar refractivity (Wildman–Crippen MR) is 81.1 cm³/mol. The van der Waals surface area contributed by atoms with E-state index in [2.05, 4.69) is 22.2 Å². The number of hydrogen-bond donors (Lipinski definition) is 1. The number of hydrogen-bond acceptors (Lipinski definition) is 4. The minimum atomic E-state index is 0.678. The first-order chi connectivity index (χ1) is 9.19. The highest BCUT2D eigenvalue weighted by atomic mass is 35.5. The summed E-state index contributed by atoms with van der Waals surface area (Å²) in [5, 5.41) is 4.89. The van der Waals surface area contributed by atoms with Crippen LogP contribution in [-0.4, -0.2) is 16.5 Å². The number of nitrogens with zero attached hydrogens (tertiary/aromatic N) is 2. The lowest BCUT2D eigenvalue weighted by atomic mass is 10.4. The van der Waals surface area contributed by atoms with Gasteiger partial charge in [-0.15, -0.1) is 0 Å². The highest BCUT2D eigenvalue weighted by molar-refractivity contribution is 7.99. The molecule has 1 N–H and O–H groups in total. The van der Waals surface area contributed by atoms with Gasteiger partial charge in [0, 0.05) is 28.2 Å². The molecule has 0 atom stereocenters. The van der Waals surface area contributed by atoms with Crippen molar-refractivity contribution < 1.29 is 0 Å². The molecule has 0 amide bonds. The van der Waals surface area contributed by atoms with Crippen LogP contribution in [0.3, 0.4) is 0 Å². The zero-order chi connectivity index (χ0) is 13.7. The van der Waals surface area contributed by atoms with Gasteiger partial charge in [-0.3, -0.25) is 0 Å². The van der Waals surface area contributed by atoms with Crippen molar-refractivity contribution in [3.8, 4) is 0 Å². The van der Waals surface area contributed by atoms with Gasteiger partial charge in [0.15, 0.2) is 0 Å². The number of aromatic nitrogens is 2. The maximum absolute atomic E-state index is 5.99. The molecule has 0 spiro atoms. The lowest BCUT2D eigenvalue weighted by Crippen LogP contribution is -2.05. The van der Waals surface area contributed by atoms with Crippen molar-refractivity contribution in [2.75, 3.05) is 11.9 Å². The quantitative estimate of drug-likeness (QED) is 0.829. The molecule has 2 rings (SSSR count). The first-order valence-corrected chi connectivity index (χ1v) is 7.39. The molecule has 1 heterocycles. The third kappa shape index (κ3) is 4.11. The van der Waals surface area contributed by atoms with Gasteiger partial charge in [-0.25, -0.2) is 9.97 Å². The van der Waals surface area contributed by atoms with Gasteiger partial charge < -0.3 is 5.32 Å². The summed E-state index contributed by atoms with van der Waals surface area (Å²) in [4.78, 5) is 9.89. The monoisotopic (exact) mass is 293 g/mol. The van der Waals surface area contributed by atoms with E-state index in [1.807, 2.05) is 37.4 Å². The van der Waals surface area contributed by atoms with Gasteiger partial charge in [-0.05, 0) is 31.5 Å². The van der Waals surface area contributed by atoms with Crippen molar-refractivity contribution in [2.45, 2.75) is 30.2 Å². The Morgan fingerprint density at radius 3 is 2.95 bits per heavy atom. The third-order valence-corrected chi connectivity index (χ3v) is 3.80. The number of benzene rings is 1. The Kier molecular flexibility index (Phi) is 5.05. The molecule has 1 aromatic carbocycles. The van der Waals surface area contributed by atoms with E-state index in [9.17, 15) is 0 Å². The molecule has 0 radical (unpaired) electrons. The highest BCUT2D eigenvalue weighted by Crippen LogP contribution is 2.30. The second kappa shape index (κ2) is 6.78. The van der Waals surface area contributed by atoms with Crippen molar-refractivity contribution in [1.29, 1.82) is 0 Å². The summed E-state index contributed by atoms with van der Waals surface area (Å²) in [5.41, 5.74) is 1.06. The van der Waals surface area contributed by atoms with Gasteiger partial charge in [0.1, 0.15) is 5.03 Å². The molecule has 0 unspecified atom stereocenters. The van der Waals surface area contributed by atoms with Crippen LogP contribution in [0, 0.1) is 6.92 Å². The number of anilines is 1. The van der Waals surface area contributed by atoms with Crippen LogP contribution in [0.2, 0.25) is 5.02 Å². The topological polar surface area (TPSA) is 37.8 Å². The first kappa shape index (κ1) is 14.2. The molecule has 0 aliphatic rings. The van der Waals surface area contributed by atoms with Gasteiger partial charge in [0.25, 0.3) is 0 Å². The van der Waals surface area contributed by atoms with E-state index in [-0.39, 0.29) is 0 Å². The fourth-order valence-electron chi connectivity index (χ4n) is 1.49. The Labute approximate surface area is 122 Å². The number of rotatable bonds is 5. The molecular formula is C14H16ClN3S. The predicted octanol–water partition coefficient (Wildman–Crippen LogP) is 4.41. The molecule has 1 aromatic heterocycles. The molecule has 0 aliphatic heterocycles. The van der Waals surface area contributed by atoms with E-state index in [0.29, 0.717) is 5.95 Å². The standard InChI is InChI=1S/C14H16ClN3S/c1-3-7-16-14-17-9-10(2)13(18-14)19-12-6-4-5-11(15)8-12/h4-6,8-9H,3,7H2,1-2H3,(H,16,17,18). The van der Waals surface area contributed by atoms with E-state index >= 15 is 0 Å². The summed E-state index contributed by atoms with van der Waals surface area (Å²) in [6, 6.07) is 7.77. The number of halogens is 1. The van der Waals surface area contributed by atoms with E-state index in [0.717, 1.165) is 33.5 Å². The van der Waals surface area contributed by atoms with E-state index in [1.165, 1.54) is 0 Å². The maximum atomic E-state index is 5.99. The SMILES string of the molecule is CCCNc1ncc(C)c(Sc2cccc(Cl)c2)n1. The van der Waals surface area contributed by atoms with Gasteiger partial charge in [-0.1, -0.05) is 36.4 Å². The van der Waals surface area contributed by atoms with Crippen LogP contribution in [0.1, 0.15) is 18.9 Å². The summed E-state index contributed by atoms with van der Waals surface area (Å²) in [7, 11) is 0. The van der Waals surface area contributed by atoms with Gasteiger partial charge in [0.05, 0.1) is 0 Å². The fraction of sp³-hybridized carbons (Fsp3) is 0.286. The average Bonchev–Trinajstić information content (AvgIpc) is 2.40. The van der Waals surface area contributed by atoms with E-state index < -0.39 is 0 Å². The molecule has 2 aromatic rings. The Bertz CT molecular complexity index is 560. The highest BCUT2D eigenvalue weighted by Gasteiger charge is 2.06. The summed E-state index contributed by atoms with van der Waals surface area (Å²) in [6.07, 6.45) is 2.89. The van der Waals surface area contributed by atoms with Crippen LogP contribution in [0.25, 0.3) is 0 Å². The van der Waals surface area contributed by atoms with Crippen molar-refractivity contribution in [3.05, 3.63) is 41.0 Å². The van der Waals surface area contributed by atoms with Crippen LogP contribution >= 0.6 is 23.4 Å². The maximum Gasteiger partial charge on any atom is 0.223 e. The molecule has 0 bridgehead atoms. The zero-order valence-corrected chi connectivity index (χ0v) is 12.6. The summed E-state index contributed by atoms with van der Waals surface area (Å²) < 4.78 is 0. The first-order valence-electron chi connectivity index (χ1n) is 6.20. The van der Waals surface area contributed by atoms with Gasteiger partial charge >= 0.3 is 0 Å².